The summed E-state index contributed by atoms with van der Waals surface area (Å²) < 4.78 is 0. The fourth-order valence-corrected chi connectivity index (χ4v) is 5.08. The molecule has 0 radical (unpaired) electrons. The second-order valence-electron chi connectivity index (χ2n) is 6.57. The van der Waals surface area contributed by atoms with Crippen molar-refractivity contribution < 1.29 is 0 Å². The van der Waals surface area contributed by atoms with Crippen molar-refractivity contribution >= 4 is 22.7 Å². The number of hydrogen-bond acceptors (Lipinski definition) is 2. The van der Waals surface area contributed by atoms with Crippen LogP contribution in [0.15, 0.2) is 23.2 Å². The molecular formula is C17H22N2S. The molecule has 0 bridgehead atoms. The highest BCUT2D eigenvalue weighted by Gasteiger charge is 2.38. The van der Waals surface area contributed by atoms with E-state index in [4.69, 9.17) is 0 Å². The number of fused-ring (bicyclic) bond motifs is 2. The largest absolute Gasteiger partial charge is 0.349 e. The molecule has 0 unspecified atom stereocenters. The number of likely N-dealkylation sites (tertiary alicyclic amines) is 1. The summed E-state index contributed by atoms with van der Waals surface area (Å²) in [5, 5.41) is 2.90. The van der Waals surface area contributed by atoms with Crippen LogP contribution in [0.3, 0.4) is 0 Å². The van der Waals surface area contributed by atoms with Crippen LogP contribution in [0.5, 0.6) is 0 Å². The van der Waals surface area contributed by atoms with Gasteiger partial charge in [0, 0.05) is 29.4 Å². The van der Waals surface area contributed by atoms with Crippen LogP contribution in [0.25, 0.3) is 10.9 Å². The highest BCUT2D eigenvalue weighted by Crippen LogP contribution is 2.46. The Hall–Kier alpha value is -0.930. The summed E-state index contributed by atoms with van der Waals surface area (Å²) in [6, 6.07) is 7.51. The Morgan fingerprint density at radius 3 is 3.00 bits per heavy atom. The molecule has 2 heterocycles. The molecule has 20 heavy (non-hydrogen) atoms. The average Bonchev–Trinajstić information content (AvgIpc) is 2.80. The van der Waals surface area contributed by atoms with Crippen molar-refractivity contribution in [2.45, 2.75) is 36.8 Å². The summed E-state index contributed by atoms with van der Waals surface area (Å²) in [6.07, 6.45) is 4.73. The van der Waals surface area contributed by atoms with Crippen molar-refractivity contribution in [3.63, 3.8) is 0 Å². The van der Waals surface area contributed by atoms with Crippen molar-refractivity contribution in [2.24, 2.45) is 5.92 Å². The van der Waals surface area contributed by atoms with Gasteiger partial charge in [0.05, 0.1) is 5.03 Å². The van der Waals surface area contributed by atoms with Crippen LogP contribution >= 0.6 is 11.8 Å². The average molecular weight is 286 g/mol. The molecule has 106 valence electrons. The number of aromatic nitrogens is 1. The van der Waals surface area contributed by atoms with Gasteiger partial charge in [-0.2, -0.15) is 0 Å². The first-order valence-electron chi connectivity index (χ1n) is 7.56. The Kier molecular flexibility index (Phi) is 2.90. The Morgan fingerprint density at radius 2 is 2.20 bits per heavy atom. The number of benzene rings is 1. The standard InChI is InChI=1S/C17H22N2S/c1-10-7-12-11-5-4-6-14-16(11)13(17(18-14)20-3)8-15(12)19(2)9-10/h4-6,10,12,15,18H,7-9H2,1-3H3/t10-,12+,15+/m0/s1. The number of likely N-dealkylation sites (N-methyl/N-ethyl adjacent to an activating group) is 1. The summed E-state index contributed by atoms with van der Waals surface area (Å²) in [4.78, 5) is 6.22. The van der Waals surface area contributed by atoms with Crippen LogP contribution in [0, 0.1) is 5.92 Å². The third-order valence-electron chi connectivity index (χ3n) is 5.22. The molecule has 1 fully saturated rings. The summed E-state index contributed by atoms with van der Waals surface area (Å²) >= 11 is 1.86. The minimum atomic E-state index is 0.686. The van der Waals surface area contributed by atoms with Gasteiger partial charge in [-0.3, -0.25) is 0 Å². The molecule has 1 aromatic heterocycles. The summed E-state index contributed by atoms with van der Waals surface area (Å²) in [5.74, 6) is 1.52. The second-order valence-corrected chi connectivity index (χ2v) is 7.38. The molecule has 1 N–H and O–H groups in total. The molecule has 1 saturated heterocycles. The van der Waals surface area contributed by atoms with Crippen LogP contribution in [0.1, 0.15) is 30.4 Å². The molecule has 2 aliphatic rings. The lowest BCUT2D eigenvalue weighted by molar-refractivity contribution is 0.119. The molecule has 3 atom stereocenters. The molecule has 0 saturated carbocycles. The summed E-state index contributed by atoms with van der Waals surface area (Å²) in [5.41, 5.74) is 4.48. The van der Waals surface area contributed by atoms with E-state index in [1.54, 1.807) is 11.1 Å². The normalized spacial score (nSPS) is 29.6. The molecule has 0 spiro atoms. The molecule has 1 aliphatic heterocycles. The predicted octanol–water partition coefficient (Wildman–Crippen LogP) is 3.87. The van der Waals surface area contributed by atoms with E-state index in [9.17, 15) is 0 Å². The molecule has 1 aliphatic carbocycles. The zero-order valence-corrected chi connectivity index (χ0v) is 13.3. The van der Waals surface area contributed by atoms with Crippen LogP contribution in [0.2, 0.25) is 0 Å². The quantitative estimate of drug-likeness (QED) is 0.803. The first kappa shape index (κ1) is 12.8. The van der Waals surface area contributed by atoms with E-state index in [0.717, 1.165) is 5.92 Å². The number of H-pyrrole nitrogens is 1. The van der Waals surface area contributed by atoms with Gasteiger partial charge >= 0.3 is 0 Å². The predicted molar refractivity (Wildman–Crippen MR) is 86.7 cm³/mol. The number of rotatable bonds is 1. The van der Waals surface area contributed by atoms with Gasteiger partial charge in [-0.25, -0.2) is 0 Å². The summed E-state index contributed by atoms with van der Waals surface area (Å²) in [7, 11) is 2.31. The Balaban J connectivity index is 1.94. The molecule has 4 rings (SSSR count). The van der Waals surface area contributed by atoms with Gasteiger partial charge in [0.25, 0.3) is 0 Å². The van der Waals surface area contributed by atoms with Gasteiger partial charge in [0.15, 0.2) is 0 Å². The van der Waals surface area contributed by atoms with E-state index in [1.165, 1.54) is 35.3 Å². The lowest BCUT2D eigenvalue weighted by Crippen LogP contribution is -2.47. The maximum atomic E-state index is 3.63. The number of nitrogens with one attached hydrogen (secondary N) is 1. The Labute approximate surface area is 124 Å². The third-order valence-corrected chi connectivity index (χ3v) is 5.98. The smallest absolute Gasteiger partial charge is 0.0763 e. The Morgan fingerprint density at radius 1 is 1.35 bits per heavy atom. The highest BCUT2D eigenvalue weighted by atomic mass is 32.2. The number of hydrogen-bond donors (Lipinski definition) is 1. The van der Waals surface area contributed by atoms with Crippen LogP contribution in [-0.4, -0.2) is 35.8 Å². The number of nitrogens with zero attached hydrogens (tertiary/aromatic N) is 1. The maximum absolute atomic E-state index is 3.63. The Bertz CT molecular complexity index is 660. The van der Waals surface area contributed by atoms with Crippen molar-refractivity contribution in [1.82, 2.24) is 9.88 Å². The van der Waals surface area contributed by atoms with Gasteiger partial charge in [-0.15, -0.1) is 11.8 Å². The van der Waals surface area contributed by atoms with Gasteiger partial charge in [0.2, 0.25) is 0 Å². The summed E-state index contributed by atoms with van der Waals surface area (Å²) in [6.45, 7) is 3.64. The zero-order valence-electron chi connectivity index (χ0n) is 12.4. The van der Waals surface area contributed by atoms with Crippen LogP contribution < -0.4 is 0 Å². The van der Waals surface area contributed by atoms with Crippen molar-refractivity contribution in [2.75, 3.05) is 19.8 Å². The zero-order chi connectivity index (χ0) is 13.9. The lowest BCUT2D eigenvalue weighted by atomic mass is 9.73. The van der Waals surface area contributed by atoms with E-state index >= 15 is 0 Å². The maximum Gasteiger partial charge on any atom is 0.0763 e. The van der Waals surface area contributed by atoms with E-state index in [2.05, 4.69) is 48.3 Å². The van der Waals surface area contributed by atoms with Gasteiger partial charge in [-0.1, -0.05) is 19.1 Å². The molecule has 1 aromatic carbocycles. The monoisotopic (exact) mass is 286 g/mol. The minimum Gasteiger partial charge on any atom is -0.349 e. The minimum absolute atomic E-state index is 0.686. The van der Waals surface area contributed by atoms with E-state index in [1.807, 2.05) is 11.8 Å². The number of thioether (sulfide) groups is 1. The lowest BCUT2D eigenvalue weighted by Gasteiger charge is -2.45. The molecule has 3 heteroatoms. The van der Waals surface area contributed by atoms with Gasteiger partial charge in [-0.05, 0) is 49.3 Å². The van der Waals surface area contributed by atoms with E-state index in [-0.39, 0.29) is 0 Å². The highest BCUT2D eigenvalue weighted by molar-refractivity contribution is 7.98. The molecule has 2 aromatic rings. The van der Waals surface area contributed by atoms with Crippen LogP contribution in [0.4, 0.5) is 0 Å². The van der Waals surface area contributed by atoms with E-state index in [0.29, 0.717) is 12.0 Å². The fourth-order valence-electron chi connectivity index (χ4n) is 4.44. The number of aromatic amines is 1. The molecule has 2 nitrogen and oxygen atoms in total. The molecular weight excluding hydrogens is 264 g/mol. The topological polar surface area (TPSA) is 19.0 Å². The first-order chi connectivity index (χ1) is 9.69. The van der Waals surface area contributed by atoms with Gasteiger partial charge < -0.3 is 9.88 Å². The van der Waals surface area contributed by atoms with Crippen LogP contribution in [-0.2, 0) is 6.42 Å². The second kappa shape index (κ2) is 4.54. The fraction of sp³-hybridized carbons (Fsp3) is 0.529. The van der Waals surface area contributed by atoms with Gasteiger partial charge in [0.1, 0.15) is 0 Å². The first-order valence-corrected chi connectivity index (χ1v) is 8.79. The SMILES string of the molecule is CSc1[nH]c2cccc3c2c1C[C@@H]1[C@@H]3C[C@H](C)CN1C. The van der Waals surface area contributed by atoms with E-state index < -0.39 is 0 Å². The number of piperidine rings is 1. The third kappa shape index (κ3) is 1.69. The molecule has 0 amide bonds. The van der Waals surface area contributed by atoms with Crippen molar-refractivity contribution in [1.29, 1.82) is 0 Å². The van der Waals surface area contributed by atoms with Crippen molar-refractivity contribution in [3.8, 4) is 0 Å². The van der Waals surface area contributed by atoms with Crippen molar-refractivity contribution in [3.05, 3.63) is 29.3 Å².